The monoisotopic (exact) mass is 453 g/mol. The Morgan fingerprint density at radius 3 is 2.03 bits per heavy atom. The molecular weight excluding hydrogens is 437 g/mol. The number of nitrogens with zero attached hydrogens (tertiary/aromatic N) is 1. The zero-order valence-corrected chi connectivity index (χ0v) is 16.0. The van der Waals surface area contributed by atoms with Crippen LogP contribution in [0.25, 0.3) is 0 Å². The average Bonchev–Trinajstić information content (AvgIpc) is 2.59. The normalized spacial score (nSPS) is 14.3. The summed E-state index contributed by atoms with van der Waals surface area (Å²) in [6, 6.07) is 5.70. The largest absolute Gasteiger partial charge is 0.465 e. The van der Waals surface area contributed by atoms with Crippen molar-refractivity contribution in [3.05, 3.63) is 36.5 Å². The highest BCUT2D eigenvalue weighted by Crippen LogP contribution is 2.49. The molecule has 0 aliphatic rings. The Labute approximate surface area is 160 Å². The smallest absolute Gasteiger partial charge is 0.436 e. The van der Waals surface area contributed by atoms with Crippen LogP contribution in [0.3, 0.4) is 0 Å². The molecule has 0 aliphatic heterocycles. The van der Waals surface area contributed by atoms with Gasteiger partial charge in [0, 0.05) is 0 Å². The maximum atomic E-state index is 13.0. The quantitative estimate of drug-likeness (QED) is 0.173. The maximum absolute atomic E-state index is 13.0. The Kier molecular flexibility index (Phi) is 7.23. The number of ether oxygens (including phenoxy) is 2. The van der Waals surface area contributed by atoms with Crippen molar-refractivity contribution in [1.82, 2.24) is 0 Å². The number of alkyl halides is 9. The molecule has 0 aromatic heterocycles. The lowest BCUT2D eigenvalue weighted by Crippen LogP contribution is -2.63. The lowest BCUT2D eigenvalue weighted by Gasteiger charge is -2.36. The third-order valence-corrected chi connectivity index (χ3v) is 6.54. The van der Waals surface area contributed by atoms with E-state index in [-0.39, 0.29) is 12.1 Å². The number of aliphatic imine (C=N–C) groups is 1. The number of hydrogen-bond donors (Lipinski definition) is 0. The predicted octanol–water partition coefficient (Wildman–Crippen LogP) is 5.40. The fourth-order valence-electron chi connectivity index (χ4n) is 1.94. The van der Waals surface area contributed by atoms with Crippen molar-refractivity contribution >= 4 is 25.3 Å². The van der Waals surface area contributed by atoms with Crippen LogP contribution >= 0.6 is 0 Å². The molecule has 0 aliphatic carbocycles. The fourth-order valence-corrected chi connectivity index (χ4v) is 3.22. The molecule has 0 unspecified atom stereocenters. The van der Waals surface area contributed by atoms with E-state index in [4.69, 9.17) is 0 Å². The van der Waals surface area contributed by atoms with E-state index in [1.54, 1.807) is 11.8 Å². The first-order valence-corrected chi connectivity index (χ1v) is 10.8. The van der Waals surface area contributed by atoms with Crippen molar-refractivity contribution in [3.63, 3.8) is 0 Å². The standard InChI is InChI=1S/C16H16F9NO2Si/c1-4-29(2,3)12-7-5-6-11(8-12)26-10-27-14(15(20,21)22,16(23,24)25)28-13(18,19)9-17/h4-8,10H,1,9H2,2-3H3. The van der Waals surface area contributed by atoms with Crippen LogP contribution in [0, 0.1) is 0 Å². The van der Waals surface area contributed by atoms with Gasteiger partial charge in [0.05, 0.1) is 5.69 Å². The minimum Gasteiger partial charge on any atom is -0.436 e. The first-order valence-electron chi connectivity index (χ1n) is 7.73. The number of halogens is 9. The molecule has 0 radical (unpaired) electrons. The first-order chi connectivity index (χ1) is 13.0. The second-order valence-electron chi connectivity index (χ2n) is 6.31. The van der Waals surface area contributed by atoms with Crippen LogP contribution in [0.15, 0.2) is 41.5 Å². The van der Waals surface area contributed by atoms with E-state index < -0.39 is 39.0 Å². The van der Waals surface area contributed by atoms with Gasteiger partial charge in [-0.25, -0.2) is 9.38 Å². The van der Waals surface area contributed by atoms with Crippen LogP contribution in [0.4, 0.5) is 45.2 Å². The van der Waals surface area contributed by atoms with Gasteiger partial charge < -0.3 is 4.74 Å². The first kappa shape index (κ1) is 25.0. The molecular formula is C16H16F9NO2Si. The summed E-state index contributed by atoms with van der Waals surface area (Å²) in [5.41, 5.74) is 1.57. The summed E-state index contributed by atoms with van der Waals surface area (Å²) in [6.45, 7) is 4.45. The number of rotatable bonds is 8. The van der Waals surface area contributed by atoms with E-state index in [0.717, 1.165) is 0 Å². The summed E-state index contributed by atoms with van der Waals surface area (Å²) in [4.78, 5) is 3.30. The molecule has 0 fully saturated rings. The molecule has 0 atom stereocenters. The molecule has 1 aromatic carbocycles. The fraction of sp³-hybridized carbons (Fsp3) is 0.438. The number of hydrogen-bond acceptors (Lipinski definition) is 3. The lowest BCUT2D eigenvalue weighted by molar-refractivity contribution is -0.497. The third-order valence-electron chi connectivity index (χ3n) is 3.72. The Morgan fingerprint density at radius 2 is 1.59 bits per heavy atom. The maximum Gasteiger partial charge on any atom is 0.465 e. The van der Waals surface area contributed by atoms with Gasteiger partial charge in [0.15, 0.2) is 13.1 Å². The van der Waals surface area contributed by atoms with Gasteiger partial charge in [0.25, 0.3) is 0 Å². The van der Waals surface area contributed by atoms with Crippen molar-refractivity contribution in [2.45, 2.75) is 37.3 Å². The summed E-state index contributed by atoms with van der Waals surface area (Å²) >= 11 is 0. The Bertz CT molecular complexity index is 731. The molecule has 0 spiro atoms. The molecule has 0 bridgehead atoms. The van der Waals surface area contributed by atoms with Crippen molar-refractivity contribution in [2.24, 2.45) is 4.99 Å². The Balaban J connectivity index is 3.32. The van der Waals surface area contributed by atoms with E-state index in [2.05, 4.69) is 21.0 Å². The second kappa shape index (κ2) is 8.38. The van der Waals surface area contributed by atoms with Gasteiger partial charge in [-0.15, -0.1) is 6.58 Å². The zero-order valence-electron chi connectivity index (χ0n) is 15.0. The van der Waals surface area contributed by atoms with Gasteiger partial charge in [-0.2, -0.15) is 35.1 Å². The van der Waals surface area contributed by atoms with Gasteiger partial charge >= 0.3 is 24.2 Å². The van der Waals surface area contributed by atoms with Crippen molar-refractivity contribution in [3.8, 4) is 0 Å². The van der Waals surface area contributed by atoms with E-state index >= 15 is 0 Å². The molecule has 0 heterocycles. The highest BCUT2D eigenvalue weighted by Gasteiger charge is 2.78. The predicted molar refractivity (Wildman–Crippen MR) is 89.8 cm³/mol. The van der Waals surface area contributed by atoms with Crippen LogP contribution in [-0.2, 0) is 9.47 Å². The highest BCUT2D eigenvalue weighted by molar-refractivity contribution is 6.93. The molecule has 164 valence electrons. The van der Waals surface area contributed by atoms with Gasteiger partial charge in [-0.05, 0) is 12.1 Å². The second-order valence-corrected chi connectivity index (χ2v) is 10.7. The topological polar surface area (TPSA) is 30.8 Å². The van der Waals surface area contributed by atoms with Crippen LogP contribution in [0.1, 0.15) is 0 Å². The molecule has 29 heavy (non-hydrogen) atoms. The molecule has 0 saturated carbocycles. The summed E-state index contributed by atoms with van der Waals surface area (Å²) in [5.74, 6) is -5.83. The van der Waals surface area contributed by atoms with Gasteiger partial charge in [-0.3, -0.25) is 4.74 Å². The van der Waals surface area contributed by atoms with E-state index in [1.165, 1.54) is 18.2 Å². The van der Waals surface area contributed by atoms with E-state index in [0.29, 0.717) is 5.19 Å². The van der Waals surface area contributed by atoms with E-state index in [9.17, 15) is 39.5 Å². The summed E-state index contributed by atoms with van der Waals surface area (Å²) in [7, 11) is -2.13. The van der Waals surface area contributed by atoms with Gasteiger partial charge in [0.2, 0.25) is 0 Å². The summed E-state index contributed by atoms with van der Waals surface area (Å²) in [6.07, 6.45) is -18.8. The minimum atomic E-state index is -6.53. The Morgan fingerprint density at radius 1 is 1.03 bits per heavy atom. The number of benzene rings is 1. The third kappa shape index (κ3) is 5.75. The molecule has 1 aromatic rings. The van der Waals surface area contributed by atoms with Crippen LogP contribution in [-0.4, -0.2) is 45.4 Å². The van der Waals surface area contributed by atoms with Crippen molar-refractivity contribution in [1.29, 1.82) is 0 Å². The summed E-state index contributed by atoms with van der Waals surface area (Å²) < 4.78 is 123. The van der Waals surface area contributed by atoms with Crippen LogP contribution in [0.2, 0.25) is 13.1 Å². The van der Waals surface area contributed by atoms with Gasteiger partial charge in [-0.1, -0.05) is 36.1 Å². The molecule has 0 N–H and O–H groups in total. The molecule has 3 nitrogen and oxygen atoms in total. The van der Waals surface area contributed by atoms with Crippen molar-refractivity contribution in [2.75, 3.05) is 6.67 Å². The molecule has 0 saturated heterocycles. The minimum absolute atomic E-state index is 0.111. The lowest BCUT2D eigenvalue weighted by atomic mass is 10.2. The van der Waals surface area contributed by atoms with Crippen LogP contribution < -0.4 is 5.19 Å². The molecule has 0 amide bonds. The molecule has 13 heteroatoms. The van der Waals surface area contributed by atoms with Gasteiger partial charge in [0.1, 0.15) is 8.07 Å². The SMILES string of the molecule is C=C[Si](C)(C)c1cccc(N=COC(OC(F)(F)CF)(C(F)(F)F)C(F)(F)F)c1. The molecule has 1 rings (SSSR count). The highest BCUT2D eigenvalue weighted by atomic mass is 28.3. The van der Waals surface area contributed by atoms with Crippen molar-refractivity contribution < 1.29 is 49.0 Å². The zero-order chi connectivity index (χ0) is 22.7. The van der Waals surface area contributed by atoms with E-state index in [1.807, 2.05) is 13.1 Å². The Hall–Kier alpha value is -2.02. The summed E-state index contributed by atoms with van der Waals surface area (Å²) in [5, 5.41) is 0.695. The average molecular weight is 453 g/mol. The van der Waals surface area contributed by atoms with Crippen LogP contribution in [0.5, 0.6) is 0 Å².